The van der Waals surface area contributed by atoms with E-state index in [-0.39, 0.29) is 30.5 Å². The lowest BCUT2D eigenvalue weighted by atomic mass is 9.85. The number of halogens is 2. The lowest BCUT2D eigenvalue weighted by Crippen LogP contribution is -2.32. The highest BCUT2D eigenvalue weighted by atomic mass is 35.5. The van der Waals surface area contributed by atoms with E-state index in [9.17, 15) is 9.90 Å². The molecule has 1 aromatic carbocycles. The molecule has 0 bridgehead atoms. The average molecular weight is 506 g/mol. The maximum atomic E-state index is 11.7. The second-order valence-electron chi connectivity index (χ2n) is 8.69. The van der Waals surface area contributed by atoms with Crippen LogP contribution in [0.2, 0.25) is 10.0 Å². The van der Waals surface area contributed by atoms with Crippen molar-refractivity contribution in [2.45, 2.75) is 43.9 Å². The molecule has 5 N–H and O–H groups in total. The number of nitrogens with one attached hydrogen (secondary N) is 2. The first kappa shape index (κ1) is 23.1. The molecule has 1 aliphatic carbocycles. The van der Waals surface area contributed by atoms with E-state index in [2.05, 4.69) is 15.6 Å². The predicted octanol–water partition coefficient (Wildman–Crippen LogP) is 3.26. The smallest absolute Gasteiger partial charge is 0.225 e. The second kappa shape index (κ2) is 9.53. The van der Waals surface area contributed by atoms with Gasteiger partial charge in [-0.2, -0.15) is 4.98 Å². The summed E-state index contributed by atoms with van der Waals surface area (Å²) < 4.78 is 7.33. The van der Waals surface area contributed by atoms with Crippen molar-refractivity contribution < 1.29 is 14.6 Å². The molecule has 2 fully saturated rings. The first-order valence-corrected chi connectivity index (χ1v) is 11.9. The van der Waals surface area contributed by atoms with Crippen molar-refractivity contribution in [2.24, 2.45) is 11.7 Å². The van der Waals surface area contributed by atoms with Crippen LogP contribution in [0.4, 0.5) is 17.6 Å². The van der Waals surface area contributed by atoms with E-state index >= 15 is 0 Å². The fourth-order valence-corrected chi connectivity index (χ4v) is 5.08. The van der Waals surface area contributed by atoms with Crippen molar-refractivity contribution in [1.29, 1.82) is 0 Å². The molecule has 0 radical (unpaired) electrons. The number of aromatic nitrogens is 4. The summed E-state index contributed by atoms with van der Waals surface area (Å²) in [4.78, 5) is 25.5. The first-order chi connectivity index (χ1) is 16.4. The number of ether oxygens (including phenoxy) is 1. The van der Waals surface area contributed by atoms with Crippen LogP contribution in [0.25, 0.3) is 11.2 Å². The minimum Gasteiger partial charge on any atom is -0.388 e. The molecule has 180 valence electrons. The Hall–Kier alpha value is -2.66. The highest BCUT2D eigenvalue weighted by Crippen LogP contribution is 2.39. The van der Waals surface area contributed by atoms with Crippen molar-refractivity contribution in [3.63, 3.8) is 0 Å². The number of carbonyl (C=O) groups excluding carboxylic acids is 1. The van der Waals surface area contributed by atoms with E-state index in [1.807, 2.05) is 4.57 Å². The van der Waals surface area contributed by atoms with Gasteiger partial charge >= 0.3 is 0 Å². The van der Waals surface area contributed by atoms with E-state index in [0.717, 1.165) is 12.8 Å². The number of hydrogen-bond acceptors (Lipinski definition) is 8. The van der Waals surface area contributed by atoms with Crippen molar-refractivity contribution >= 4 is 57.9 Å². The molecule has 34 heavy (non-hydrogen) atoms. The number of imidazole rings is 1. The van der Waals surface area contributed by atoms with Gasteiger partial charge in [0.15, 0.2) is 5.65 Å². The van der Waals surface area contributed by atoms with Gasteiger partial charge < -0.3 is 26.2 Å². The van der Waals surface area contributed by atoms with Crippen LogP contribution in [0.15, 0.2) is 24.4 Å². The van der Waals surface area contributed by atoms with Crippen LogP contribution in [0.3, 0.4) is 0 Å². The van der Waals surface area contributed by atoms with Crippen molar-refractivity contribution in [1.82, 2.24) is 19.5 Å². The Balaban J connectivity index is 1.53. The standard InChI is InChI=1S/C22H25Cl2N7O3/c23-13-2-1-3-14(24)18(13)29-22-28-15-8-26-21(27-16-9-34-10-17(16)32)30-20(15)31(22)12-6-4-11(5-7-12)19(25)33/h1-3,8,11-12,16-17,32H,4-7,9-10H2,(H2,25,33)(H,28,29)(H,26,27,30)/t11?,12?,16?,17-/m1/s1. The molecular formula is C22H25Cl2N7O3. The number of benzene rings is 1. The third kappa shape index (κ3) is 4.50. The quantitative estimate of drug-likeness (QED) is 0.400. The maximum absolute atomic E-state index is 11.7. The number of anilines is 3. The molecule has 2 atom stereocenters. The molecule has 12 heteroatoms. The summed E-state index contributed by atoms with van der Waals surface area (Å²) >= 11 is 12.8. The molecule has 1 amide bonds. The Morgan fingerprint density at radius 3 is 2.53 bits per heavy atom. The van der Waals surface area contributed by atoms with Gasteiger partial charge in [0.2, 0.25) is 17.8 Å². The largest absolute Gasteiger partial charge is 0.388 e. The Kier molecular flexibility index (Phi) is 6.48. The van der Waals surface area contributed by atoms with Crippen LogP contribution < -0.4 is 16.4 Å². The number of para-hydroxylation sites is 1. The van der Waals surface area contributed by atoms with Crippen molar-refractivity contribution in [3.8, 4) is 0 Å². The number of aliphatic hydroxyl groups is 1. The molecule has 2 aliphatic rings. The summed E-state index contributed by atoms with van der Waals surface area (Å²) in [6.07, 6.45) is 3.87. The highest BCUT2D eigenvalue weighted by molar-refractivity contribution is 6.39. The number of fused-ring (bicyclic) bond motifs is 1. The average Bonchev–Trinajstić information content (AvgIpc) is 3.39. The lowest BCUT2D eigenvalue weighted by molar-refractivity contribution is -0.122. The molecule has 10 nitrogen and oxygen atoms in total. The zero-order chi connectivity index (χ0) is 23.8. The molecule has 0 spiro atoms. The molecular weight excluding hydrogens is 481 g/mol. The van der Waals surface area contributed by atoms with Crippen LogP contribution in [-0.2, 0) is 9.53 Å². The van der Waals surface area contributed by atoms with Crippen LogP contribution in [0, 0.1) is 5.92 Å². The number of nitrogens with zero attached hydrogens (tertiary/aromatic N) is 4. The normalized spacial score (nSPS) is 24.9. The molecule has 1 saturated carbocycles. The summed E-state index contributed by atoms with van der Waals surface area (Å²) in [6.45, 7) is 0.643. The Morgan fingerprint density at radius 1 is 1.15 bits per heavy atom. The second-order valence-corrected chi connectivity index (χ2v) is 9.51. The molecule has 2 aromatic heterocycles. The molecule has 1 aliphatic heterocycles. The van der Waals surface area contributed by atoms with E-state index in [1.165, 1.54) is 0 Å². The Labute approximate surface area is 205 Å². The maximum Gasteiger partial charge on any atom is 0.225 e. The van der Waals surface area contributed by atoms with E-state index in [1.54, 1.807) is 24.4 Å². The van der Waals surface area contributed by atoms with E-state index in [4.69, 9.17) is 43.6 Å². The number of primary amides is 1. The lowest BCUT2D eigenvalue weighted by Gasteiger charge is -2.29. The fourth-order valence-electron chi connectivity index (χ4n) is 4.59. The van der Waals surface area contributed by atoms with Crippen molar-refractivity contribution in [2.75, 3.05) is 23.8 Å². The van der Waals surface area contributed by atoms with Gasteiger partial charge in [0.1, 0.15) is 5.52 Å². The summed E-state index contributed by atoms with van der Waals surface area (Å²) in [6, 6.07) is 5.01. The number of carbonyl (C=O) groups is 1. The fraction of sp³-hybridized carbons (Fsp3) is 0.455. The summed E-state index contributed by atoms with van der Waals surface area (Å²) in [5.74, 6) is 0.511. The number of aliphatic hydroxyl groups excluding tert-OH is 1. The van der Waals surface area contributed by atoms with Gasteiger partial charge in [0.25, 0.3) is 0 Å². The Morgan fingerprint density at radius 2 is 1.88 bits per heavy atom. The van der Waals surface area contributed by atoms with Crippen LogP contribution in [-0.4, -0.2) is 55.9 Å². The minimum atomic E-state index is -0.632. The topological polar surface area (TPSA) is 140 Å². The van der Waals surface area contributed by atoms with Gasteiger partial charge in [-0.15, -0.1) is 0 Å². The van der Waals surface area contributed by atoms with Crippen LogP contribution in [0.5, 0.6) is 0 Å². The van der Waals surface area contributed by atoms with E-state index in [0.29, 0.717) is 58.2 Å². The first-order valence-electron chi connectivity index (χ1n) is 11.2. The zero-order valence-electron chi connectivity index (χ0n) is 18.2. The molecule has 5 rings (SSSR count). The number of amides is 1. The molecule has 3 aromatic rings. The Bertz CT molecular complexity index is 1190. The summed E-state index contributed by atoms with van der Waals surface area (Å²) in [5.41, 5.74) is 7.30. The van der Waals surface area contributed by atoms with Gasteiger partial charge in [-0.1, -0.05) is 29.3 Å². The molecule has 1 saturated heterocycles. The van der Waals surface area contributed by atoms with Crippen LogP contribution in [0.1, 0.15) is 31.7 Å². The van der Waals surface area contributed by atoms with Gasteiger partial charge in [0.05, 0.1) is 47.3 Å². The van der Waals surface area contributed by atoms with Gasteiger partial charge in [-0.3, -0.25) is 9.36 Å². The van der Waals surface area contributed by atoms with Crippen LogP contribution >= 0.6 is 23.2 Å². The minimum absolute atomic E-state index is 0.0347. The van der Waals surface area contributed by atoms with Gasteiger partial charge in [-0.25, -0.2) is 9.97 Å². The number of rotatable bonds is 6. The summed E-state index contributed by atoms with van der Waals surface area (Å²) in [5, 5.41) is 17.4. The van der Waals surface area contributed by atoms with Gasteiger partial charge in [-0.05, 0) is 37.8 Å². The van der Waals surface area contributed by atoms with Crippen molar-refractivity contribution in [3.05, 3.63) is 34.4 Å². The molecule has 1 unspecified atom stereocenters. The third-order valence-corrected chi connectivity index (χ3v) is 7.09. The monoisotopic (exact) mass is 505 g/mol. The SMILES string of the molecule is NC(=O)C1CCC(n2c(Nc3c(Cl)cccc3Cl)nc3cnc(NC4COC[C@H]4O)nc32)CC1. The summed E-state index contributed by atoms with van der Waals surface area (Å²) in [7, 11) is 0. The number of nitrogens with two attached hydrogens (primary N) is 1. The van der Waals surface area contributed by atoms with Gasteiger partial charge in [0, 0.05) is 12.0 Å². The third-order valence-electron chi connectivity index (χ3n) is 6.46. The predicted molar refractivity (Wildman–Crippen MR) is 129 cm³/mol. The number of hydrogen-bond donors (Lipinski definition) is 4. The molecule has 3 heterocycles. The van der Waals surface area contributed by atoms with E-state index < -0.39 is 6.10 Å². The highest BCUT2D eigenvalue weighted by Gasteiger charge is 2.30. The zero-order valence-corrected chi connectivity index (χ0v) is 19.8.